The molecule has 1 aliphatic heterocycles. The smallest absolute Gasteiger partial charge is 0.237 e. The van der Waals surface area contributed by atoms with Crippen LogP contribution in [0.1, 0.15) is 25.7 Å². The molecule has 2 aliphatic rings. The normalized spacial score (nSPS) is 31.1. The number of hydrogen-bond acceptors (Lipinski definition) is 4. The SMILES string of the molecule is NCC1CCCC(C(=O)NN2CCOCC2)C1. The van der Waals surface area contributed by atoms with Gasteiger partial charge in [-0.3, -0.25) is 10.2 Å². The number of amides is 1. The van der Waals surface area contributed by atoms with Crippen molar-refractivity contribution in [1.29, 1.82) is 0 Å². The molecule has 0 bridgehead atoms. The maximum atomic E-state index is 12.1. The van der Waals surface area contributed by atoms with Gasteiger partial charge < -0.3 is 10.5 Å². The molecular formula is C12H23N3O2. The third-order valence-electron chi connectivity index (χ3n) is 3.77. The molecule has 2 fully saturated rings. The van der Waals surface area contributed by atoms with Crippen LogP contribution in [0.3, 0.4) is 0 Å². The van der Waals surface area contributed by atoms with E-state index in [1.165, 1.54) is 6.42 Å². The number of hydrogen-bond donors (Lipinski definition) is 2. The lowest BCUT2D eigenvalue weighted by atomic mass is 9.81. The number of nitrogens with zero attached hydrogens (tertiary/aromatic N) is 1. The van der Waals surface area contributed by atoms with Crippen molar-refractivity contribution in [3.8, 4) is 0 Å². The Bertz CT molecular complexity index is 254. The Morgan fingerprint density at radius 1 is 1.35 bits per heavy atom. The Kier molecular flexibility index (Phi) is 4.76. The molecule has 98 valence electrons. The first-order valence-corrected chi connectivity index (χ1v) is 6.63. The Labute approximate surface area is 103 Å². The molecule has 0 aromatic rings. The first-order valence-electron chi connectivity index (χ1n) is 6.63. The number of morpholine rings is 1. The second kappa shape index (κ2) is 6.33. The highest BCUT2D eigenvalue weighted by molar-refractivity contribution is 5.78. The summed E-state index contributed by atoms with van der Waals surface area (Å²) in [6.07, 6.45) is 4.26. The number of nitrogens with two attached hydrogens (primary N) is 1. The van der Waals surface area contributed by atoms with E-state index in [-0.39, 0.29) is 11.8 Å². The van der Waals surface area contributed by atoms with Crippen molar-refractivity contribution in [1.82, 2.24) is 10.4 Å². The lowest BCUT2D eigenvalue weighted by molar-refractivity contribution is -0.133. The second-order valence-corrected chi connectivity index (χ2v) is 5.04. The highest BCUT2D eigenvalue weighted by atomic mass is 16.5. The summed E-state index contributed by atoms with van der Waals surface area (Å²) >= 11 is 0. The van der Waals surface area contributed by atoms with Crippen LogP contribution in [0.4, 0.5) is 0 Å². The molecule has 3 N–H and O–H groups in total. The van der Waals surface area contributed by atoms with Gasteiger partial charge >= 0.3 is 0 Å². The van der Waals surface area contributed by atoms with Crippen LogP contribution in [0.15, 0.2) is 0 Å². The highest BCUT2D eigenvalue weighted by Gasteiger charge is 2.27. The minimum absolute atomic E-state index is 0.153. The summed E-state index contributed by atoms with van der Waals surface area (Å²) in [5.74, 6) is 0.856. The summed E-state index contributed by atoms with van der Waals surface area (Å²) in [5, 5.41) is 1.97. The molecule has 5 heteroatoms. The van der Waals surface area contributed by atoms with Gasteiger partial charge in [-0.2, -0.15) is 0 Å². The maximum Gasteiger partial charge on any atom is 0.237 e. The second-order valence-electron chi connectivity index (χ2n) is 5.04. The predicted octanol–water partition coefficient (Wildman–Crippen LogP) is 0.115. The van der Waals surface area contributed by atoms with E-state index < -0.39 is 0 Å². The van der Waals surface area contributed by atoms with Crippen molar-refractivity contribution in [2.45, 2.75) is 25.7 Å². The molecular weight excluding hydrogens is 218 g/mol. The first kappa shape index (κ1) is 12.8. The van der Waals surface area contributed by atoms with E-state index in [9.17, 15) is 4.79 Å². The van der Waals surface area contributed by atoms with Crippen LogP contribution in [0.5, 0.6) is 0 Å². The van der Waals surface area contributed by atoms with Gasteiger partial charge in [0, 0.05) is 19.0 Å². The van der Waals surface area contributed by atoms with Crippen molar-refractivity contribution in [2.75, 3.05) is 32.8 Å². The van der Waals surface area contributed by atoms with Gasteiger partial charge in [-0.25, -0.2) is 5.01 Å². The fourth-order valence-electron chi connectivity index (χ4n) is 2.67. The summed E-state index contributed by atoms with van der Waals surface area (Å²) in [5.41, 5.74) is 8.70. The van der Waals surface area contributed by atoms with Crippen LogP contribution in [0.25, 0.3) is 0 Å². The van der Waals surface area contributed by atoms with Gasteiger partial charge in [0.1, 0.15) is 0 Å². The van der Waals surface area contributed by atoms with E-state index in [1.54, 1.807) is 0 Å². The average Bonchev–Trinajstić information content (AvgIpc) is 2.40. The minimum atomic E-state index is 0.153. The minimum Gasteiger partial charge on any atom is -0.379 e. The first-order chi connectivity index (χ1) is 8.29. The van der Waals surface area contributed by atoms with Crippen molar-refractivity contribution in [2.24, 2.45) is 17.6 Å². The highest BCUT2D eigenvalue weighted by Crippen LogP contribution is 2.28. The van der Waals surface area contributed by atoms with E-state index in [0.717, 1.165) is 32.4 Å². The molecule has 1 heterocycles. The van der Waals surface area contributed by atoms with Gasteiger partial charge in [0.05, 0.1) is 13.2 Å². The lowest BCUT2D eigenvalue weighted by Gasteiger charge is -2.31. The zero-order valence-corrected chi connectivity index (χ0v) is 10.4. The van der Waals surface area contributed by atoms with Crippen molar-refractivity contribution in [3.05, 3.63) is 0 Å². The quantitative estimate of drug-likeness (QED) is 0.736. The average molecular weight is 241 g/mol. The zero-order chi connectivity index (χ0) is 12.1. The topological polar surface area (TPSA) is 67.6 Å². The Morgan fingerprint density at radius 2 is 2.12 bits per heavy atom. The standard InChI is InChI=1S/C12H23N3O2/c13-9-10-2-1-3-11(8-10)12(16)14-15-4-6-17-7-5-15/h10-11H,1-9,13H2,(H,14,16). The maximum absolute atomic E-state index is 12.1. The van der Waals surface area contributed by atoms with E-state index >= 15 is 0 Å². The van der Waals surface area contributed by atoms with Crippen LogP contribution < -0.4 is 11.2 Å². The summed E-state index contributed by atoms with van der Waals surface area (Å²) < 4.78 is 5.25. The van der Waals surface area contributed by atoms with Crippen LogP contribution in [-0.2, 0) is 9.53 Å². The molecule has 0 aromatic heterocycles. The Hall–Kier alpha value is -0.650. The molecule has 1 saturated heterocycles. The van der Waals surface area contributed by atoms with Gasteiger partial charge in [-0.15, -0.1) is 0 Å². The van der Waals surface area contributed by atoms with Gasteiger partial charge in [0.2, 0.25) is 5.91 Å². The molecule has 0 spiro atoms. The molecule has 1 amide bonds. The molecule has 5 nitrogen and oxygen atoms in total. The summed E-state index contributed by atoms with van der Waals surface area (Å²) in [4.78, 5) is 12.1. The van der Waals surface area contributed by atoms with Crippen LogP contribution >= 0.6 is 0 Å². The van der Waals surface area contributed by atoms with Gasteiger partial charge in [0.15, 0.2) is 0 Å². The number of rotatable bonds is 3. The van der Waals surface area contributed by atoms with E-state index in [2.05, 4.69) is 5.43 Å². The van der Waals surface area contributed by atoms with E-state index in [1.807, 2.05) is 5.01 Å². The Morgan fingerprint density at radius 3 is 2.82 bits per heavy atom. The number of nitrogens with one attached hydrogen (secondary N) is 1. The van der Waals surface area contributed by atoms with Crippen molar-refractivity contribution < 1.29 is 9.53 Å². The fourth-order valence-corrected chi connectivity index (χ4v) is 2.67. The van der Waals surface area contributed by atoms with Gasteiger partial charge in [0.25, 0.3) is 0 Å². The molecule has 0 aromatic carbocycles. The number of ether oxygens (including phenoxy) is 1. The predicted molar refractivity (Wildman–Crippen MR) is 65.0 cm³/mol. The molecule has 2 rings (SSSR count). The molecule has 2 atom stereocenters. The zero-order valence-electron chi connectivity index (χ0n) is 10.4. The lowest BCUT2D eigenvalue weighted by Crippen LogP contribution is -2.50. The molecule has 17 heavy (non-hydrogen) atoms. The molecule has 1 saturated carbocycles. The number of hydrazine groups is 1. The fraction of sp³-hybridized carbons (Fsp3) is 0.917. The summed E-state index contributed by atoms with van der Waals surface area (Å²) in [6.45, 7) is 3.70. The molecule has 1 aliphatic carbocycles. The largest absolute Gasteiger partial charge is 0.379 e. The van der Waals surface area contributed by atoms with Crippen molar-refractivity contribution in [3.63, 3.8) is 0 Å². The number of carbonyl (C=O) groups excluding carboxylic acids is 1. The molecule has 0 radical (unpaired) electrons. The third kappa shape index (κ3) is 3.66. The van der Waals surface area contributed by atoms with Crippen LogP contribution in [-0.4, -0.2) is 43.8 Å². The van der Waals surface area contributed by atoms with E-state index in [0.29, 0.717) is 25.7 Å². The summed E-state index contributed by atoms with van der Waals surface area (Å²) in [6, 6.07) is 0. The van der Waals surface area contributed by atoms with Crippen LogP contribution in [0, 0.1) is 11.8 Å². The van der Waals surface area contributed by atoms with Crippen molar-refractivity contribution >= 4 is 5.91 Å². The van der Waals surface area contributed by atoms with Crippen LogP contribution in [0.2, 0.25) is 0 Å². The van der Waals surface area contributed by atoms with Gasteiger partial charge in [-0.05, 0) is 31.7 Å². The monoisotopic (exact) mass is 241 g/mol. The summed E-state index contributed by atoms with van der Waals surface area (Å²) in [7, 11) is 0. The third-order valence-corrected chi connectivity index (χ3v) is 3.77. The molecule has 2 unspecified atom stereocenters. The Balaban J connectivity index is 1.78. The number of carbonyl (C=O) groups is 1. The van der Waals surface area contributed by atoms with Gasteiger partial charge in [-0.1, -0.05) is 6.42 Å². The van der Waals surface area contributed by atoms with E-state index in [4.69, 9.17) is 10.5 Å².